The van der Waals surface area contributed by atoms with Crippen LogP contribution in [0.25, 0.3) is 0 Å². The number of aromatic nitrogens is 3. The average Bonchev–Trinajstić information content (AvgIpc) is 2.64. The molecule has 10 nitrogen and oxygen atoms in total. The Bertz CT molecular complexity index is 751. The van der Waals surface area contributed by atoms with Gasteiger partial charge in [-0.25, -0.2) is 0 Å². The zero-order chi connectivity index (χ0) is 24.6. The summed E-state index contributed by atoms with van der Waals surface area (Å²) in [6, 6.07) is -1.83. The van der Waals surface area contributed by atoms with E-state index in [0.29, 0.717) is 31.0 Å². The number of nitrogen functional groups attached to an aromatic ring is 1. The molecular weight excluding hydrogens is 408 g/mol. The monoisotopic (exact) mass is 450 g/mol. The van der Waals surface area contributed by atoms with Gasteiger partial charge < -0.3 is 27.0 Å². The van der Waals surface area contributed by atoms with Crippen molar-refractivity contribution in [1.29, 1.82) is 0 Å². The maximum atomic E-state index is 13.2. The van der Waals surface area contributed by atoms with Crippen molar-refractivity contribution in [2.24, 2.45) is 23.5 Å². The van der Waals surface area contributed by atoms with Gasteiger partial charge in [0, 0.05) is 14.1 Å². The second-order valence-corrected chi connectivity index (χ2v) is 9.86. The van der Waals surface area contributed by atoms with Crippen LogP contribution in [0.1, 0.15) is 72.7 Å². The van der Waals surface area contributed by atoms with Crippen molar-refractivity contribution < 1.29 is 9.59 Å². The van der Waals surface area contributed by atoms with Gasteiger partial charge in [-0.2, -0.15) is 15.0 Å². The third-order valence-corrected chi connectivity index (χ3v) is 4.80. The van der Waals surface area contributed by atoms with Crippen LogP contribution >= 0.6 is 0 Å². The third kappa shape index (κ3) is 9.33. The topological polar surface area (TPSA) is 152 Å². The molecule has 6 N–H and O–H groups in total. The Morgan fingerprint density at radius 2 is 1.41 bits per heavy atom. The Hall–Kier alpha value is -2.49. The average molecular weight is 451 g/mol. The van der Waals surface area contributed by atoms with Gasteiger partial charge in [0.2, 0.25) is 23.7 Å². The first-order valence-corrected chi connectivity index (χ1v) is 11.3. The van der Waals surface area contributed by atoms with Crippen LogP contribution in [-0.4, -0.2) is 52.9 Å². The molecule has 0 aliphatic heterocycles. The Balaban J connectivity index is 3.12. The van der Waals surface area contributed by atoms with Crippen molar-refractivity contribution in [2.75, 3.05) is 24.7 Å². The summed E-state index contributed by atoms with van der Waals surface area (Å²) in [5.41, 5.74) is 11.9. The van der Waals surface area contributed by atoms with Crippen molar-refractivity contribution in [2.45, 2.75) is 78.9 Å². The standard InChI is InChI=1S/C22H42N8O2/c1-12(2)9-15(23)19(31)26-17(11-14(5)6)20(32)25-16(10-13(3)4)18-27-21(24)29-22(28-18)30(7)8/h12-17H,9-11,23H2,1-8H3,(H,25,32)(H,26,31)(H2,24,27,28,29). The van der Waals surface area contributed by atoms with Crippen LogP contribution in [0.2, 0.25) is 0 Å². The minimum Gasteiger partial charge on any atom is -0.368 e. The fraction of sp³-hybridized carbons (Fsp3) is 0.773. The molecule has 0 aliphatic carbocycles. The zero-order valence-corrected chi connectivity index (χ0v) is 20.8. The van der Waals surface area contributed by atoms with E-state index in [4.69, 9.17) is 11.5 Å². The number of nitrogens with zero attached hydrogens (tertiary/aromatic N) is 4. The highest BCUT2D eigenvalue weighted by Gasteiger charge is 2.28. The molecule has 0 aliphatic rings. The maximum absolute atomic E-state index is 13.2. The second kappa shape index (κ2) is 12.5. The van der Waals surface area contributed by atoms with E-state index in [1.165, 1.54) is 0 Å². The first-order valence-electron chi connectivity index (χ1n) is 11.3. The molecule has 1 aromatic rings. The highest BCUT2D eigenvalue weighted by molar-refractivity contribution is 5.89. The summed E-state index contributed by atoms with van der Waals surface area (Å²) in [4.78, 5) is 40.5. The Morgan fingerprint density at radius 3 is 1.91 bits per heavy atom. The van der Waals surface area contributed by atoms with Crippen LogP contribution in [0.15, 0.2) is 0 Å². The van der Waals surface area contributed by atoms with Gasteiger partial charge in [0.1, 0.15) is 6.04 Å². The van der Waals surface area contributed by atoms with E-state index in [2.05, 4.69) is 39.4 Å². The maximum Gasteiger partial charge on any atom is 0.243 e. The van der Waals surface area contributed by atoms with E-state index in [9.17, 15) is 9.59 Å². The lowest BCUT2D eigenvalue weighted by Crippen LogP contribution is -2.53. The van der Waals surface area contributed by atoms with Crippen LogP contribution in [-0.2, 0) is 9.59 Å². The molecule has 3 unspecified atom stereocenters. The van der Waals surface area contributed by atoms with E-state index in [0.717, 1.165) is 0 Å². The van der Waals surface area contributed by atoms with E-state index < -0.39 is 18.1 Å². The summed E-state index contributed by atoms with van der Waals surface area (Å²) in [6.07, 6.45) is 1.65. The van der Waals surface area contributed by atoms with Crippen molar-refractivity contribution in [3.63, 3.8) is 0 Å². The first-order chi connectivity index (χ1) is 14.8. The molecule has 0 saturated heterocycles. The first kappa shape index (κ1) is 27.5. The van der Waals surface area contributed by atoms with Crippen LogP contribution in [0.5, 0.6) is 0 Å². The van der Waals surface area contributed by atoms with Gasteiger partial charge in [0.15, 0.2) is 5.82 Å². The van der Waals surface area contributed by atoms with Gasteiger partial charge in [0.05, 0.1) is 12.1 Å². The summed E-state index contributed by atoms with van der Waals surface area (Å²) in [5, 5.41) is 5.87. The van der Waals surface area contributed by atoms with E-state index >= 15 is 0 Å². The van der Waals surface area contributed by atoms with Gasteiger partial charge >= 0.3 is 0 Å². The Labute approximate surface area is 192 Å². The number of rotatable bonds is 12. The molecule has 32 heavy (non-hydrogen) atoms. The van der Waals surface area contributed by atoms with Gasteiger partial charge in [-0.15, -0.1) is 0 Å². The number of hydrogen-bond donors (Lipinski definition) is 4. The zero-order valence-electron chi connectivity index (χ0n) is 20.8. The molecule has 3 atom stereocenters. The smallest absolute Gasteiger partial charge is 0.243 e. The van der Waals surface area contributed by atoms with Gasteiger partial charge in [-0.3, -0.25) is 9.59 Å². The van der Waals surface area contributed by atoms with Crippen LogP contribution in [0.4, 0.5) is 11.9 Å². The number of nitrogens with two attached hydrogens (primary N) is 2. The van der Waals surface area contributed by atoms with Crippen molar-refractivity contribution >= 4 is 23.7 Å². The summed E-state index contributed by atoms with van der Waals surface area (Å²) in [7, 11) is 3.62. The number of anilines is 2. The molecule has 0 radical (unpaired) electrons. The summed E-state index contributed by atoms with van der Waals surface area (Å²) in [5.74, 6) is 1.04. The molecule has 1 rings (SSSR count). The molecule has 0 spiro atoms. The lowest BCUT2D eigenvalue weighted by atomic mass is 9.99. The molecule has 10 heteroatoms. The lowest BCUT2D eigenvalue weighted by Gasteiger charge is -2.26. The lowest BCUT2D eigenvalue weighted by molar-refractivity contribution is -0.130. The predicted octanol–water partition coefficient (Wildman–Crippen LogP) is 1.63. The van der Waals surface area contributed by atoms with Crippen LogP contribution < -0.4 is 27.0 Å². The quantitative estimate of drug-likeness (QED) is 0.375. The number of carbonyl (C=O) groups is 2. The van der Waals surface area contributed by atoms with Gasteiger partial charge in [-0.1, -0.05) is 41.5 Å². The highest BCUT2D eigenvalue weighted by atomic mass is 16.2. The minimum atomic E-state index is -0.706. The molecule has 0 aromatic carbocycles. The predicted molar refractivity (Wildman–Crippen MR) is 128 cm³/mol. The normalized spacial score (nSPS) is 14.4. The van der Waals surface area contributed by atoms with Crippen LogP contribution in [0.3, 0.4) is 0 Å². The summed E-state index contributed by atoms with van der Waals surface area (Å²) in [6.45, 7) is 12.1. The van der Waals surface area contributed by atoms with Gasteiger partial charge in [0.25, 0.3) is 0 Å². The second-order valence-electron chi connectivity index (χ2n) is 9.86. The van der Waals surface area contributed by atoms with Crippen LogP contribution in [0, 0.1) is 17.8 Å². The number of hydrogen-bond acceptors (Lipinski definition) is 8. The molecule has 182 valence electrons. The fourth-order valence-corrected chi connectivity index (χ4v) is 3.32. The van der Waals surface area contributed by atoms with Crippen molar-refractivity contribution in [3.8, 4) is 0 Å². The Morgan fingerprint density at radius 1 is 0.844 bits per heavy atom. The number of carbonyl (C=O) groups excluding carboxylic acids is 2. The summed E-state index contributed by atoms with van der Waals surface area (Å²) < 4.78 is 0. The van der Waals surface area contributed by atoms with Gasteiger partial charge in [-0.05, 0) is 37.0 Å². The fourth-order valence-electron chi connectivity index (χ4n) is 3.32. The molecule has 0 fully saturated rings. The molecule has 0 bridgehead atoms. The third-order valence-electron chi connectivity index (χ3n) is 4.80. The highest BCUT2D eigenvalue weighted by Crippen LogP contribution is 2.21. The largest absolute Gasteiger partial charge is 0.368 e. The molecule has 2 amide bonds. The molecular formula is C22H42N8O2. The molecule has 0 saturated carbocycles. The number of nitrogens with one attached hydrogen (secondary N) is 2. The SMILES string of the molecule is CC(C)CC(N)C(=O)NC(CC(C)C)C(=O)NC(CC(C)C)c1nc(N)nc(N(C)C)n1. The number of amides is 2. The Kier molecular flexibility index (Phi) is 10.8. The minimum absolute atomic E-state index is 0.0911. The van der Waals surface area contributed by atoms with E-state index in [1.54, 1.807) is 4.90 Å². The van der Waals surface area contributed by atoms with Crippen molar-refractivity contribution in [3.05, 3.63) is 5.82 Å². The van der Waals surface area contributed by atoms with E-state index in [1.807, 2.05) is 41.8 Å². The molecule has 1 aromatic heterocycles. The molecule has 1 heterocycles. The van der Waals surface area contributed by atoms with Crippen molar-refractivity contribution in [1.82, 2.24) is 25.6 Å². The van der Waals surface area contributed by atoms with E-state index in [-0.39, 0.29) is 35.5 Å². The summed E-state index contributed by atoms with van der Waals surface area (Å²) >= 11 is 0.